The lowest BCUT2D eigenvalue weighted by Gasteiger charge is -2.17. The first-order chi connectivity index (χ1) is 7.81. The Kier molecular flexibility index (Phi) is 3.90. The number of hydrogen-bond acceptors (Lipinski definition) is 4. The first kappa shape index (κ1) is 11.5. The van der Waals surface area contributed by atoms with Crippen LogP contribution in [0.3, 0.4) is 0 Å². The molecular weight excluding hydrogens is 204 g/mol. The molecule has 0 saturated heterocycles. The highest BCUT2D eigenvalue weighted by Crippen LogP contribution is 2.31. The SMILES string of the molecule is Cn1cnnc1COCC1CCCC1CN. The van der Waals surface area contributed by atoms with Crippen molar-refractivity contribution >= 4 is 0 Å². The van der Waals surface area contributed by atoms with Gasteiger partial charge in [0, 0.05) is 7.05 Å². The minimum absolute atomic E-state index is 0.546. The Morgan fingerprint density at radius 3 is 3.00 bits per heavy atom. The van der Waals surface area contributed by atoms with Gasteiger partial charge in [-0.1, -0.05) is 6.42 Å². The van der Waals surface area contributed by atoms with Crippen LogP contribution in [-0.4, -0.2) is 27.9 Å². The van der Waals surface area contributed by atoms with E-state index in [2.05, 4.69) is 10.2 Å². The normalized spacial score (nSPS) is 25.1. The number of nitrogens with two attached hydrogens (primary N) is 1. The summed E-state index contributed by atoms with van der Waals surface area (Å²) in [6.07, 6.45) is 5.49. The summed E-state index contributed by atoms with van der Waals surface area (Å²) in [5.41, 5.74) is 5.73. The zero-order chi connectivity index (χ0) is 11.4. The van der Waals surface area contributed by atoms with Crippen molar-refractivity contribution in [2.24, 2.45) is 24.6 Å². The number of aryl methyl sites for hydroxylation is 1. The van der Waals surface area contributed by atoms with Crippen molar-refractivity contribution in [1.29, 1.82) is 0 Å². The van der Waals surface area contributed by atoms with Gasteiger partial charge in [0.25, 0.3) is 0 Å². The monoisotopic (exact) mass is 224 g/mol. The quantitative estimate of drug-likeness (QED) is 0.799. The van der Waals surface area contributed by atoms with Crippen molar-refractivity contribution in [2.75, 3.05) is 13.2 Å². The van der Waals surface area contributed by atoms with E-state index in [-0.39, 0.29) is 0 Å². The van der Waals surface area contributed by atoms with Gasteiger partial charge in [0.1, 0.15) is 12.9 Å². The third kappa shape index (κ3) is 2.59. The maximum absolute atomic E-state index is 5.73. The molecule has 0 amide bonds. The second-order valence-electron chi connectivity index (χ2n) is 4.56. The summed E-state index contributed by atoms with van der Waals surface area (Å²) >= 11 is 0. The fourth-order valence-corrected chi connectivity index (χ4v) is 2.38. The first-order valence-corrected chi connectivity index (χ1v) is 5.92. The average molecular weight is 224 g/mol. The molecule has 2 unspecified atom stereocenters. The van der Waals surface area contributed by atoms with Gasteiger partial charge in [0.2, 0.25) is 0 Å². The first-order valence-electron chi connectivity index (χ1n) is 5.92. The largest absolute Gasteiger partial charge is 0.373 e. The lowest BCUT2D eigenvalue weighted by molar-refractivity contribution is 0.0699. The topological polar surface area (TPSA) is 66.0 Å². The summed E-state index contributed by atoms with van der Waals surface area (Å²) in [6.45, 7) is 2.14. The van der Waals surface area contributed by atoms with Crippen LogP contribution in [0.5, 0.6) is 0 Å². The minimum Gasteiger partial charge on any atom is -0.373 e. The van der Waals surface area contributed by atoms with Gasteiger partial charge in [-0.2, -0.15) is 0 Å². The van der Waals surface area contributed by atoms with Crippen LogP contribution in [0, 0.1) is 11.8 Å². The number of hydrogen-bond donors (Lipinski definition) is 1. The van der Waals surface area contributed by atoms with Gasteiger partial charge >= 0.3 is 0 Å². The Hall–Kier alpha value is -0.940. The Bertz CT molecular complexity index is 326. The van der Waals surface area contributed by atoms with Crippen LogP contribution in [0.1, 0.15) is 25.1 Å². The van der Waals surface area contributed by atoms with Crippen LogP contribution in [0.25, 0.3) is 0 Å². The predicted octanol–water partition coefficient (Wildman–Crippen LogP) is 0.707. The van der Waals surface area contributed by atoms with E-state index in [4.69, 9.17) is 10.5 Å². The molecule has 5 nitrogen and oxygen atoms in total. The molecule has 1 aliphatic carbocycles. The molecule has 0 spiro atoms. The number of ether oxygens (including phenoxy) is 1. The van der Waals surface area contributed by atoms with Crippen molar-refractivity contribution in [3.05, 3.63) is 12.2 Å². The van der Waals surface area contributed by atoms with E-state index in [0.717, 1.165) is 19.0 Å². The van der Waals surface area contributed by atoms with Crippen LogP contribution in [0.15, 0.2) is 6.33 Å². The molecule has 1 fully saturated rings. The maximum Gasteiger partial charge on any atom is 0.158 e. The molecule has 90 valence electrons. The molecule has 0 bridgehead atoms. The summed E-state index contributed by atoms with van der Waals surface area (Å²) in [5.74, 6) is 2.17. The van der Waals surface area contributed by atoms with Gasteiger partial charge in [0.15, 0.2) is 5.82 Å². The van der Waals surface area contributed by atoms with Gasteiger partial charge in [0.05, 0.1) is 6.61 Å². The van der Waals surface area contributed by atoms with Crippen LogP contribution < -0.4 is 5.73 Å². The zero-order valence-electron chi connectivity index (χ0n) is 9.80. The summed E-state index contributed by atoms with van der Waals surface area (Å²) in [5, 5.41) is 7.80. The van der Waals surface area contributed by atoms with E-state index in [0.29, 0.717) is 18.4 Å². The lowest BCUT2D eigenvalue weighted by Crippen LogP contribution is -2.22. The van der Waals surface area contributed by atoms with Crippen LogP contribution in [0.2, 0.25) is 0 Å². The second kappa shape index (κ2) is 5.41. The van der Waals surface area contributed by atoms with Crippen LogP contribution >= 0.6 is 0 Å². The van der Waals surface area contributed by atoms with Gasteiger partial charge in [-0.05, 0) is 31.2 Å². The molecule has 5 heteroatoms. The fraction of sp³-hybridized carbons (Fsp3) is 0.818. The average Bonchev–Trinajstić information content (AvgIpc) is 2.88. The Labute approximate surface area is 96.0 Å². The molecular formula is C11H20N4O. The van der Waals surface area contributed by atoms with E-state index in [1.165, 1.54) is 19.3 Å². The zero-order valence-corrected chi connectivity index (χ0v) is 9.80. The van der Waals surface area contributed by atoms with Crippen LogP contribution in [-0.2, 0) is 18.4 Å². The third-order valence-corrected chi connectivity index (χ3v) is 3.49. The lowest BCUT2D eigenvalue weighted by atomic mass is 9.97. The molecule has 2 atom stereocenters. The van der Waals surface area contributed by atoms with Gasteiger partial charge in [-0.15, -0.1) is 10.2 Å². The maximum atomic E-state index is 5.73. The molecule has 2 N–H and O–H groups in total. The van der Waals surface area contributed by atoms with E-state index in [1.807, 2.05) is 11.6 Å². The minimum atomic E-state index is 0.546. The van der Waals surface area contributed by atoms with Crippen molar-refractivity contribution in [1.82, 2.24) is 14.8 Å². The molecule has 2 rings (SSSR count). The van der Waals surface area contributed by atoms with Crippen molar-refractivity contribution in [3.63, 3.8) is 0 Å². The fourth-order valence-electron chi connectivity index (χ4n) is 2.38. The van der Waals surface area contributed by atoms with Gasteiger partial charge < -0.3 is 15.0 Å². The Morgan fingerprint density at radius 1 is 1.50 bits per heavy atom. The Morgan fingerprint density at radius 2 is 2.31 bits per heavy atom. The smallest absolute Gasteiger partial charge is 0.158 e. The molecule has 1 aromatic heterocycles. The highest BCUT2D eigenvalue weighted by atomic mass is 16.5. The van der Waals surface area contributed by atoms with Crippen molar-refractivity contribution in [3.8, 4) is 0 Å². The Balaban J connectivity index is 1.74. The number of nitrogens with zero attached hydrogens (tertiary/aromatic N) is 3. The molecule has 16 heavy (non-hydrogen) atoms. The predicted molar refractivity (Wildman–Crippen MR) is 60.5 cm³/mol. The number of aromatic nitrogens is 3. The summed E-state index contributed by atoms with van der Waals surface area (Å²) in [7, 11) is 1.93. The standard InChI is InChI=1S/C11H20N4O/c1-15-8-13-14-11(15)7-16-6-10-4-2-3-9(10)5-12/h8-10H,2-7,12H2,1H3. The van der Waals surface area contributed by atoms with E-state index < -0.39 is 0 Å². The van der Waals surface area contributed by atoms with Crippen molar-refractivity contribution in [2.45, 2.75) is 25.9 Å². The summed E-state index contributed by atoms with van der Waals surface area (Å²) < 4.78 is 7.58. The molecule has 0 aliphatic heterocycles. The summed E-state index contributed by atoms with van der Waals surface area (Å²) in [4.78, 5) is 0. The third-order valence-electron chi connectivity index (χ3n) is 3.49. The van der Waals surface area contributed by atoms with E-state index in [1.54, 1.807) is 6.33 Å². The molecule has 1 aliphatic rings. The molecule has 1 heterocycles. The molecule has 0 aromatic carbocycles. The summed E-state index contributed by atoms with van der Waals surface area (Å²) in [6, 6.07) is 0. The van der Waals surface area contributed by atoms with Gasteiger partial charge in [-0.3, -0.25) is 0 Å². The van der Waals surface area contributed by atoms with Crippen LogP contribution in [0.4, 0.5) is 0 Å². The van der Waals surface area contributed by atoms with Gasteiger partial charge in [-0.25, -0.2) is 0 Å². The van der Waals surface area contributed by atoms with E-state index >= 15 is 0 Å². The second-order valence-corrected chi connectivity index (χ2v) is 4.56. The highest BCUT2D eigenvalue weighted by Gasteiger charge is 2.26. The molecule has 1 aromatic rings. The number of rotatable bonds is 5. The van der Waals surface area contributed by atoms with E-state index in [9.17, 15) is 0 Å². The molecule has 1 saturated carbocycles. The highest BCUT2D eigenvalue weighted by molar-refractivity contribution is 4.82. The van der Waals surface area contributed by atoms with Crippen molar-refractivity contribution < 1.29 is 4.74 Å². The molecule has 0 radical (unpaired) electrons.